The number of nitrogens with zero attached hydrogens (tertiary/aromatic N) is 4. The van der Waals surface area contributed by atoms with Crippen molar-refractivity contribution in [2.45, 2.75) is 32.1 Å². The number of anilines is 1. The average Bonchev–Trinajstić information content (AvgIpc) is 3.04. The van der Waals surface area contributed by atoms with E-state index in [2.05, 4.69) is 28.3 Å². The molecule has 0 aromatic carbocycles. The van der Waals surface area contributed by atoms with Crippen molar-refractivity contribution >= 4 is 17.0 Å². The molecule has 3 heterocycles. The van der Waals surface area contributed by atoms with Gasteiger partial charge in [-0.2, -0.15) is 5.26 Å². The summed E-state index contributed by atoms with van der Waals surface area (Å²) in [6.45, 7) is 4.06. The number of hydrogen-bond acceptors (Lipinski definition) is 5. The first-order valence-corrected chi connectivity index (χ1v) is 8.23. The van der Waals surface area contributed by atoms with E-state index in [-0.39, 0.29) is 0 Å². The fourth-order valence-corrected chi connectivity index (χ4v) is 3.83. The van der Waals surface area contributed by atoms with E-state index in [0.29, 0.717) is 11.5 Å². The highest BCUT2D eigenvalue weighted by atomic mass is 32.1. The highest BCUT2D eigenvalue weighted by molar-refractivity contribution is 7.09. The lowest BCUT2D eigenvalue weighted by Gasteiger charge is -2.33. The minimum absolute atomic E-state index is 0.468. The summed E-state index contributed by atoms with van der Waals surface area (Å²) < 4.78 is 0. The van der Waals surface area contributed by atoms with Crippen LogP contribution in [-0.4, -0.2) is 23.1 Å². The van der Waals surface area contributed by atoms with Gasteiger partial charge in [-0.25, -0.2) is 4.98 Å². The Morgan fingerprint density at radius 1 is 1.52 bits per heavy atom. The van der Waals surface area contributed by atoms with E-state index >= 15 is 0 Å². The molecule has 0 N–H and O–H groups in total. The second-order valence-corrected chi connectivity index (χ2v) is 6.21. The predicted octanol–water partition coefficient (Wildman–Crippen LogP) is 3.36. The summed E-state index contributed by atoms with van der Waals surface area (Å²) in [5.41, 5.74) is 2.85. The van der Waals surface area contributed by atoms with E-state index in [4.69, 9.17) is 4.98 Å². The lowest BCUT2D eigenvalue weighted by Crippen LogP contribution is -2.34. The van der Waals surface area contributed by atoms with Crippen LogP contribution in [0.4, 0.5) is 5.69 Å². The van der Waals surface area contributed by atoms with Crippen molar-refractivity contribution in [1.82, 2.24) is 9.97 Å². The largest absolute Gasteiger partial charge is 0.369 e. The Morgan fingerprint density at radius 2 is 2.43 bits per heavy atom. The minimum atomic E-state index is 0.468. The molecule has 0 spiro atoms. The topological polar surface area (TPSA) is 52.8 Å². The van der Waals surface area contributed by atoms with Gasteiger partial charge in [0.1, 0.15) is 6.07 Å². The number of pyridine rings is 1. The summed E-state index contributed by atoms with van der Waals surface area (Å²) >= 11 is 1.77. The molecule has 0 amide bonds. The zero-order valence-corrected chi connectivity index (χ0v) is 12.9. The van der Waals surface area contributed by atoms with Crippen LogP contribution in [0.1, 0.15) is 41.9 Å². The lowest BCUT2D eigenvalue weighted by atomic mass is 9.98. The number of rotatable bonds is 3. The molecule has 1 unspecified atom stereocenters. The van der Waals surface area contributed by atoms with Gasteiger partial charge in [-0.15, -0.1) is 11.3 Å². The van der Waals surface area contributed by atoms with Crippen molar-refractivity contribution in [1.29, 1.82) is 5.26 Å². The third-order valence-corrected chi connectivity index (χ3v) is 5.02. The first-order chi connectivity index (χ1) is 10.3. The summed E-state index contributed by atoms with van der Waals surface area (Å²) in [6.07, 6.45) is 6.78. The second kappa shape index (κ2) is 6.23. The molecule has 4 nitrogen and oxygen atoms in total. The van der Waals surface area contributed by atoms with Crippen LogP contribution in [0, 0.1) is 11.3 Å². The molecule has 0 saturated carbocycles. The number of piperidine rings is 1. The SMILES string of the molecule is CCc1csc(C2CCCN(c3cnccc3C#N)C2)n1. The van der Waals surface area contributed by atoms with Gasteiger partial charge < -0.3 is 4.90 Å². The van der Waals surface area contributed by atoms with Gasteiger partial charge in [0.05, 0.1) is 28.1 Å². The molecule has 2 aromatic rings. The zero-order chi connectivity index (χ0) is 14.7. The highest BCUT2D eigenvalue weighted by Gasteiger charge is 2.25. The maximum absolute atomic E-state index is 9.25. The minimum Gasteiger partial charge on any atom is -0.369 e. The van der Waals surface area contributed by atoms with Crippen molar-refractivity contribution in [3.63, 3.8) is 0 Å². The third kappa shape index (κ3) is 2.91. The zero-order valence-electron chi connectivity index (χ0n) is 12.1. The molecular weight excluding hydrogens is 280 g/mol. The fourth-order valence-electron chi connectivity index (χ4n) is 2.80. The van der Waals surface area contributed by atoms with Crippen molar-refractivity contribution in [2.24, 2.45) is 0 Å². The van der Waals surface area contributed by atoms with Crippen LogP contribution < -0.4 is 4.90 Å². The number of aromatic nitrogens is 2. The van der Waals surface area contributed by atoms with Crippen LogP contribution in [0.5, 0.6) is 0 Å². The Morgan fingerprint density at radius 3 is 3.19 bits per heavy atom. The van der Waals surface area contributed by atoms with Crippen LogP contribution in [0.3, 0.4) is 0 Å². The van der Waals surface area contributed by atoms with Crippen LogP contribution in [0.25, 0.3) is 0 Å². The fraction of sp³-hybridized carbons (Fsp3) is 0.438. The molecule has 1 fully saturated rings. The quantitative estimate of drug-likeness (QED) is 0.872. The second-order valence-electron chi connectivity index (χ2n) is 5.32. The highest BCUT2D eigenvalue weighted by Crippen LogP contribution is 2.32. The Bertz CT molecular complexity index is 658. The van der Waals surface area contributed by atoms with Gasteiger partial charge in [0.15, 0.2) is 0 Å². The Labute approximate surface area is 129 Å². The van der Waals surface area contributed by atoms with Gasteiger partial charge in [-0.3, -0.25) is 4.98 Å². The van der Waals surface area contributed by atoms with E-state index in [0.717, 1.165) is 31.6 Å². The van der Waals surface area contributed by atoms with Gasteiger partial charge in [0.2, 0.25) is 0 Å². The van der Waals surface area contributed by atoms with Gasteiger partial charge >= 0.3 is 0 Å². The molecule has 0 bridgehead atoms. The summed E-state index contributed by atoms with van der Waals surface area (Å²) in [5, 5.41) is 12.7. The van der Waals surface area contributed by atoms with E-state index in [1.165, 1.54) is 17.1 Å². The Kier molecular flexibility index (Phi) is 4.16. The van der Waals surface area contributed by atoms with Crippen molar-refractivity contribution < 1.29 is 0 Å². The van der Waals surface area contributed by atoms with Crippen molar-refractivity contribution in [3.05, 3.63) is 40.1 Å². The summed E-state index contributed by atoms with van der Waals surface area (Å²) in [6, 6.07) is 4.06. The van der Waals surface area contributed by atoms with Crippen LogP contribution in [0.15, 0.2) is 23.8 Å². The van der Waals surface area contributed by atoms with Crippen molar-refractivity contribution in [2.75, 3.05) is 18.0 Å². The van der Waals surface area contributed by atoms with Gasteiger partial charge in [-0.1, -0.05) is 6.92 Å². The predicted molar refractivity (Wildman–Crippen MR) is 84.6 cm³/mol. The molecule has 3 rings (SSSR count). The van der Waals surface area contributed by atoms with Crippen LogP contribution in [0.2, 0.25) is 0 Å². The number of thiazole rings is 1. The Balaban J connectivity index is 1.81. The smallest absolute Gasteiger partial charge is 0.101 e. The summed E-state index contributed by atoms with van der Waals surface area (Å²) in [4.78, 5) is 11.2. The Hall–Kier alpha value is -1.93. The molecule has 1 atom stereocenters. The normalized spacial score (nSPS) is 18.5. The van der Waals surface area contributed by atoms with E-state index in [9.17, 15) is 5.26 Å². The molecule has 1 aliphatic rings. The molecule has 5 heteroatoms. The molecule has 2 aromatic heterocycles. The summed E-state index contributed by atoms with van der Waals surface area (Å²) in [5.74, 6) is 0.468. The van der Waals surface area contributed by atoms with Gasteiger partial charge in [0, 0.05) is 30.6 Å². The molecule has 108 valence electrons. The van der Waals surface area contributed by atoms with E-state index < -0.39 is 0 Å². The molecular formula is C16H18N4S. The van der Waals surface area contributed by atoms with E-state index in [1.807, 2.05) is 0 Å². The lowest BCUT2D eigenvalue weighted by molar-refractivity contribution is 0.507. The van der Waals surface area contributed by atoms with Gasteiger partial charge in [-0.05, 0) is 25.3 Å². The number of nitriles is 1. The van der Waals surface area contributed by atoms with Crippen LogP contribution in [-0.2, 0) is 6.42 Å². The first kappa shape index (κ1) is 14.0. The third-order valence-electron chi connectivity index (χ3n) is 3.96. The van der Waals surface area contributed by atoms with Crippen LogP contribution >= 0.6 is 11.3 Å². The van der Waals surface area contributed by atoms with Gasteiger partial charge in [0.25, 0.3) is 0 Å². The number of aryl methyl sites for hydroxylation is 1. The number of hydrogen-bond donors (Lipinski definition) is 0. The molecule has 0 aliphatic carbocycles. The first-order valence-electron chi connectivity index (χ1n) is 7.35. The van der Waals surface area contributed by atoms with Crippen molar-refractivity contribution in [3.8, 4) is 6.07 Å². The maximum Gasteiger partial charge on any atom is 0.101 e. The average molecular weight is 298 g/mol. The molecule has 0 radical (unpaired) electrons. The standard InChI is InChI=1S/C16H18N4S/c1-2-14-11-21-16(19-14)13-4-3-7-20(10-13)15-9-18-6-5-12(15)8-17/h5-6,9,11,13H,2-4,7,10H2,1H3. The molecule has 1 aliphatic heterocycles. The monoisotopic (exact) mass is 298 g/mol. The molecule has 1 saturated heterocycles. The van der Waals surface area contributed by atoms with E-state index in [1.54, 1.807) is 29.8 Å². The summed E-state index contributed by atoms with van der Waals surface area (Å²) in [7, 11) is 0. The molecule has 21 heavy (non-hydrogen) atoms. The maximum atomic E-state index is 9.25.